The molecule has 5 heteroatoms. The van der Waals surface area contributed by atoms with E-state index in [1.54, 1.807) is 26.8 Å². The molecule has 2 N–H and O–H groups in total. The van der Waals surface area contributed by atoms with Crippen LogP contribution in [0.25, 0.3) is 10.8 Å². The van der Waals surface area contributed by atoms with Crippen molar-refractivity contribution in [1.82, 2.24) is 5.32 Å². The Kier molecular flexibility index (Phi) is 6.64. The Labute approximate surface area is 154 Å². The zero-order valence-electron chi connectivity index (χ0n) is 15.7. The van der Waals surface area contributed by atoms with Gasteiger partial charge in [-0.25, -0.2) is 4.79 Å². The average molecular weight is 357 g/mol. The third kappa shape index (κ3) is 5.49. The second-order valence-corrected chi connectivity index (χ2v) is 7.02. The number of fused-ring (bicyclic) bond motifs is 1. The Morgan fingerprint density at radius 2 is 1.88 bits per heavy atom. The van der Waals surface area contributed by atoms with Gasteiger partial charge in [-0.2, -0.15) is 0 Å². The first-order valence-corrected chi connectivity index (χ1v) is 8.71. The number of carbonyl (C=O) groups excluding carboxylic acids is 1. The molecule has 0 aliphatic rings. The number of nitrogens with one attached hydrogen (secondary N) is 1. The number of ether oxygens (including phenoxy) is 2. The predicted molar refractivity (Wildman–Crippen MR) is 103 cm³/mol. The fraction of sp³-hybridized carbons (Fsp3) is 0.381. The molecular weight excluding hydrogens is 330 g/mol. The average Bonchev–Trinajstić information content (AvgIpc) is 2.58. The van der Waals surface area contributed by atoms with Crippen LogP contribution in [0, 0.1) is 0 Å². The number of rotatable bonds is 6. The number of hydrogen-bond acceptors (Lipinski definition) is 4. The third-order valence-electron chi connectivity index (χ3n) is 3.69. The van der Waals surface area contributed by atoms with Crippen molar-refractivity contribution in [3.8, 4) is 5.75 Å². The third-order valence-corrected chi connectivity index (χ3v) is 3.69. The lowest BCUT2D eigenvalue weighted by molar-refractivity contribution is 0.0425. The lowest BCUT2D eigenvalue weighted by Crippen LogP contribution is -2.49. The van der Waals surface area contributed by atoms with Crippen LogP contribution in [-0.4, -0.2) is 35.6 Å². The number of allylic oxidation sites excluding steroid dienone is 1. The van der Waals surface area contributed by atoms with Crippen LogP contribution in [0.15, 0.2) is 54.6 Å². The summed E-state index contributed by atoms with van der Waals surface area (Å²) in [6.45, 7) is 6.95. The van der Waals surface area contributed by atoms with E-state index in [-0.39, 0.29) is 6.61 Å². The Morgan fingerprint density at radius 3 is 2.54 bits per heavy atom. The second kappa shape index (κ2) is 8.72. The Hall–Kier alpha value is -2.53. The minimum absolute atomic E-state index is 0.279. The molecule has 0 bridgehead atoms. The van der Waals surface area contributed by atoms with Crippen molar-refractivity contribution in [1.29, 1.82) is 0 Å². The number of amides is 1. The van der Waals surface area contributed by atoms with Crippen LogP contribution in [0.1, 0.15) is 27.7 Å². The van der Waals surface area contributed by atoms with Gasteiger partial charge in [-0.15, -0.1) is 0 Å². The minimum Gasteiger partial charge on any atom is -0.483 e. The molecule has 2 rings (SSSR count). The van der Waals surface area contributed by atoms with E-state index in [2.05, 4.69) is 5.32 Å². The highest BCUT2D eigenvalue weighted by molar-refractivity contribution is 5.88. The van der Waals surface area contributed by atoms with Crippen molar-refractivity contribution in [3.63, 3.8) is 0 Å². The predicted octanol–water partition coefficient (Wildman–Crippen LogP) is 4.05. The minimum atomic E-state index is -0.639. The van der Waals surface area contributed by atoms with E-state index in [1.807, 2.05) is 55.5 Å². The lowest BCUT2D eigenvalue weighted by Gasteiger charge is -2.27. The number of hydrogen-bond donors (Lipinski definition) is 2. The summed E-state index contributed by atoms with van der Waals surface area (Å²) in [4.78, 5) is 12.1. The number of benzene rings is 2. The fourth-order valence-electron chi connectivity index (χ4n) is 2.58. The van der Waals surface area contributed by atoms with E-state index in [9.17, 15) is 9.90 Å². The summed E-state index contributed by atoms with van der Waals surface area (Å²) in [5, 5.41) is 14.5. The van der Waals surface area contributed by atoms with Gasteiger partial charge in [0.05, 0.1) is 12.6 Å². The highest BCUT2D eigenvalue weighted by Gasteiger charge is 2.25. The molecule has 0 aliphatic heterocycles. The number of aliphatic hydroxyl groups is 1. The van der Waals surface area contributed by atoms with Crippen LogP contribution < -0.4 is 10.1 Å². The van der Waals surface area contributed by atoms with Crippen LogP contribution in [0.2, 0.25) is 0 Å². The van der Waals surface area contributed by atoms with E-state index in [0.717, 1.165) is 10.8 Å². The van der Waals surface area contributed by atoms with Gasteiger partial charge in [0.15, 0.2) is 0 Å². The zero-order chi connectivity index (χ0) is 19.2. The van der Waals surface area contributed by atoms with E-state index in [4.69, 9.17) is 9.47 Å². The number of aliphatic hydroxyl groups excluding tert-OH is 1. The molecule has 0 aromatic heterocycles. The van der Waals surface area contributed by atoms with Crippen LogP contribution in [0.5, 0.6) is 5.75 Å². The molecule has 2 aromatic rings. The molecule has 0 spiro atoms. The van der Waals surface area contributed by atoms with Gasteiger partial charge in [0, 0.05) is 5.39 Å². The number of alkyl carbamates (subject to hydrolysis) is 1. The van der Waals surface area contributed by atoms with Crippen molar-refractivity contribution in [2.45, 2.75) is 45.4 Å². The van der Waals surface area contributed by atoms with E-state index in [1.165, 1.54) is 0 Å². The van der Waals surface area contributed by atoms with E-state index >= 15 is 0 Å². The maximum Gasteiger partial charge on any atom is 0.408 e. The molecule has 0 fully saturated rings. The smallest absolute Gasteiger partial charge is 0.408 e. The standard InChI is InChI=1S/C21H27NO4/c1-5-9-19(17(14-23)22-20(24)26-21(2,3)4)25-18-13-8-11-15-10-6-7-12-16(15)18/h5-13,17,19,23H,14H2,1-4H3,(H,22,24)/b9-5+/t17-,19-/m0/s1. The first-order chi connectivity index (χ1) is 12.3. The molecule has 0 saturated carbocycles. The summed E-state index contributed by atoms with van der Waals surface area (Å²) >= 11 is 0. The molecule has 1 amide bonds. The van der Waals surface area contributed by atoms with Crippen LogP contribution in [0.3, 0.4) is 0 Å². The normalized spacial score (nSPS) is 14.2. The molecule has 26 heavy (non-hydrogen) atoms. The van der Waals surface area contributed by atoms with Gasteiger partial charge in [-0.1, -0.05) is 42.5 Å². The second-order valence-electron chi connectivity index (χ2n) is 7.02. The first-order valence-electron chi connectivity index (χ1n) is 8.71. The summed E-state index contributed by atoms with van der Waals surface area (Å²) in [7, 11) is 0. The van der Waals surface area contributed by atoms with Crippen LogP contribution in [0.4, 0.5) is 4.79 Å². The Balaban J connectivity index is 2.21. The Bertz CT molecular complexity index is 759. The number of carbonyl (C=O) groups is 1. The summed E-state index contributed by atoms with van der Waals surface area (Å²) < 4.78 is 11.4. The molecule has 5 nitrogen and oxygen atoms in total. The topological polar surface area (TPSA) is 67.8 Å². The summed E-state index contributed by atoms with van der Waals surface area (Å²) in [6, 6.07) is 13.1. The maximum absolute atomic E-state index is 12.1. The van der Waals surface area contributed by atoms with Crippen LogP contribution in [-0.2, 0) is 4.74 Å². The molecule has 140 valence electrons. The first kappa shape index (κ1) is 19.8. The molecule has 0 radical (unpaired) electrons. The van der Waals surface area contributed by atoms with Crippen molar-refractivity contribution < 1.29 is 19.4 Å². The van der Waals surface area contributed by atoms with Crippen molar-refractivity contribution in [2.75, 3.05) is 6.61 Å². The molecule has 0 aliphatic carbocycles. The molecule has 0 unspecified atom stereocenters. The fourth-order valence-corrected chi connectivity index (χ4v) is 2.58. The lowest BCUT2D eigenvalue weighted by atomic mass is 10.1. The molecule has 2 aromatic carbocycles. The SMILES string of the molecule is C/C=C/[C@H](Oc1cccc2ccccc12)[C@H](CO)NC(=O)OC(C)(C)C. The van der Waals surface area contributed by atoms with E-state index < -0.39 is 23.8 Å². The Morgan fingerprint density at radius 1 is 1.19 bits per heavy atom. The maximum atomic E-state index is 12.1. The van der Waals surface area contributed by atoms with Gasteiger partial charge in [0.2, 0.25) is 0 Å². The van der Waals surface area contributed by atoms with E-state index in [0.29, 0.717) is 5.75 Å². The highest BCUT2D eigenvalue weighted by atomic mass is 16.6. The van der Waals surface area contributed by atoms with Gasteiger partial charge >= 0.3 is 6.09 Å². The van der Waals surface area contributed by atoms with Gasteiger partial charge in [0.25, 0.3) is 0 Å². The molecule has 0 saturated heterocycles. The van der Waals surface area contributed by atoms with Crippen molar-refractivity contribution >= 4 is 16.9 Å². The molecule has 0 heterocycles. The zero-order valence-corrected chi connectivity index (χ0v) is 15.7. The summed E-state index contributed by atoms with van der Waals surface area (Å²) in [5.41, 5.74) is -0.614. The molecule has 2 atom stereocenters. The summed E-state index contributed by atoms with van der Waals surface area (Å²) in [6.07, 6.45) is 2.51. The van der Waals surface area contributed by atoms with Crippen molar-refractivity contribution in [2.24, 2.45) is 0 Å². The largest absolute Gasteiger partial charge is 0.483 e. The quantitative estimate of drug-likeness (QED) is 0.766. The monoisotopic (exact) mass is 357 g/mol. The molecular formula is C21H27NO4. The van der Waals surface area contributed by atoms with Gasteiger partial charge in [-0.3, -0.25) is 0 Å². The van der Waals surface area contributed by atoms with Gasteiger partial charge < -0.3 is 19.9 Å². The highest BCUT2D eigenvalue weighted by Crippen LogP contribution is 2.26. The summed E-state index contributed by atoms with van der Waals surface area (Å²) in [5.74, 6) is 0.690. The van der Waals surface area contributed by atoms with Crippen LogP contribution >= 0.6 is 0 Å². The van der Waals surface area contributed by atoms with Crippen molar-refractivity contribution in [3.05, 3.63) is 54.6 Å². The van der Waals surface area contributed by atoms with Gasteiger partial charge in [-0.05, 0) is 45.2 Å². The van der Waals surface area contributed by atoms with Gasteiger partial charge in [0.1, 0.15) is 17.5 Å².